The molecule has 216 valence electrons. The van der Waals surface area contributed by atoms with Crippen LogP contribution in [0.2, 0.25) is 0 Å². The van der Waals surface area contributed by atoms with Crippen LogP contribution in [0, 0.1) is 0 Å². The number of carbonyl (C=O) groups is 1. The van der Waals surface area contributed by atoms with E-state index in [1.807, 2.05) is 74.5 Å². The maximum Gasteiger partial charge on any atom is 0.360 e. The fourth-order valence-corrected chi connectivity index (χ4v) is 5.86. The van der Waals surface area contributed by atoms with Gasteiger partial charge in [-0.05, 0) is 34.4 Å². The number of rotatable bonds is 10. The zero-order valence-corrected chi connectivity index (χ0v) is 24.4. The third kappa shape index (κ3) is 5.80. The van der Waals surface area contributed by atoms with E-state index in [2.05, 4.69) is 51.9 Å². The van der Waals surface area contributed by atoms with Crippen LogP contribution in [0.1, 0.15) is 41.8 Å². The van der Waals surface area contributed by atoms with Crippen molar-refractivity contribution < 1.29 is 24.2 Å². The fraction of sp³-hybridized carbons (Fsp3) is 0.147. The molecule has 6 rings (SSSR count). The molecule has 1 aliphatic rings. The summed E-state index contributed by atoms with van der Waals surface area (Å²) in [5, 5.41) is 19.8. The average molecular weight is 592 g/mol. The number of aliphatic carboxylic acids is 1. The lowest BCUT2D eigenvalue weighted by Gasteiger charge is -2.36. The van der Waals surface area contributed by atoms with E-state index in [-0.39, 0.29) is 18.0 Å². The Balaban J connectivity index is 1.30. The Bertz CT molecular complexity index is 1660. The lowest BCUT2D eigenvalue weighted by Crippen LogP contribution is -2.38. The summed E-state index contributed by atoms with van der Waals surface area (Å²) in [7, 11) is 0. The molecule has 0 atom stereocenters. The molecule has 1 aromatic heterocycles. The van der Waals surface area contributed by atoms with Crippen LogP contribution in [0.4, 0.5) is 5.13 Å². The highest BCUT2D eigenvalue weighted by Crippen LogP contribution is 2.41. The third-order valence-corrected chi connectivity index (χ3v) is 7.73. The van der Waals surface area contributed by atoms with Gasteiger partial charge in [0.15, 0.2) is 16.6 Å². The molecule has 0 saturated carbocycles. The molecule has 5 aromatic rings. The maximum absolute atomic E-state index is 12.2. The van der Waals surface area contributed by atoms with Crippen LogP contribution in [0.15, 0.2) is 120 Å². The van der Waals surface area contributed by atoms with Crippen LogP contribution in [0.5, 0.6) is 11.5 Å². The summed E-state index contributed by atoms with van der Waals surface area (Å²) >= 11 is 1.30. The predicted molar refractivity (Wildman–Crippen MR) is 166 cm³/mol. The van der Waals surface area contributed by atoms with Crippen molar-refractivity contribution in [3.05, 3.63) is 143 Å². The molecule has 0 fully saturated rings. The number of thiazole rings is 1. The van der Waals surface area contributed by atoms with Gasteiger partial charge in [-0.3, -0.25) is 0 Å². The van der Waals surface area contributed by atoms with Crippen LogP contribution >= 0.6 is 11.3 Å². The van der Waals surface area contributed by atoms with Gasteiger partial charge in [-0.2, -0.15) is 0 Å². The van der Waals surface area contributed by atoms with Crippen molar-refractivity contribution in [2.45, 2.75) is 31.8 Å². The monoisotopic (exact) mass is 591 g/mol. The standard InChI is InChI=1S/C34H29N3O5S/c1-33(2)41-28-19-18-23(20-29(28)42-33)21-40-37-30(31(38)39)27-22-43-32(35-27)36-34(24-12-6-3-7-13-24,25-14-8-4-9-15-25)26-16-10-5-11-17-26/h3-20,22H,21H2,1-2H3,(H,35,36)(H,38,39)/b37-30-. The minimum Gasteiger partial charge on any atom is -0.476 e. The fourth-order valence-electron chi connectivity index (χ4n) is 5.10. The highest BCUT2D eigenvalue weighted by molar-refractivity contribution is 7.14. The van der Waals surface area contributed by atoms with Gasteiger partial charge in [0.05, 0.1) is 0 Å². The van der Waals surface area contributed by atoms with Crippen LogP contribution in [-0.4, -0.2) is 27.6 Å². The number of benzene rings is 4. The number of carboxylic acids is 1. The van der Waals surface area contributed by atoms with Gasteiger partial charge in [-0.25, -0.2) is 9.78 Å². The smallest absolute Gasteiger partial charge is 0.360 e. The molecule has 0 amide bonds. The molecule has 43 heavy (non-hydrogen) atoms. The molecule has 2 heterocycles. The van der Waals surface area contributed by atoms with Crippen LogP contribution < -0.4 is 14.8 Å². The predicted octanol–water partition coefficient (Wildman–Crippen LogP) is 7.06. The van der Waals surface area contributed by atoms with E-state index in [1.54, 1.807) is 17.5 Å². The molecular formula is C34H29N3O5S. The minimum absolute atomic E-state index is 0.0439. The first-order chi connectivity index (χ1) is 20.8. The summed E-state index contributed by atoms with van der Waals surface area (Å²) in [5.74, 6) is -0.748. The summed E-state index contributed by atoms with van der Waals surface area (Å²) in [6, 6.07) is 35.7. The van der Waals surface area contributed by atoms with Gasteiger partial charge >= 0.3 is 5.97 Å². The lowest BCUT2D eigenvalue weighted by molar-refractivity contribution is -0.129. The Labute approximate surface area is 253 Å². The van der Waals surface area contributed by atoms with E-state index in [0.717, 1.165) is 22.3 Å². The maximum atomic E-state index is 12.2. The molecule has 1 aliphatic heterocycles. The third-order valence-electron chi connectivity index (χ3n) is 6.97. The number of oxime groups is 1. The van der Waals surface area contributed by atoms with E-state index in [9.17, 15) is 9.90 Å². The van der Waals surface area contributed by atoms with Crippen LogP contribution in [-0.2, 0) is 21.8 Å². The highest BCUT2D eigenvalue weighted by atomic mass is 32.1. The molecule has 0 aliphatic carbocycles. The van der Waals surface area contributed by atoms with Crippen molar-refractivity contribution in [2.75, 3.05) is 5.32 Å². The number of nitrogens with zero attached hydrogens (tertiary/aromatic N) is 2. The number of carboxylic acid groups (broad SMARTS) is 1. The van der Waals surface area contributed by atoms with E-state index in [0.29, 0.717) is 16.6 Å². The van der Waals surface area contributed by atoms with Crippen molar-refractivity contribution in [1.29, 1.82) is 0 Å². The topological polar surface area (TPSA) is 102 Å². The minimum atomic E-state index is -1.25. The van der Waals surface area contributed by atoms with Gasteiger partial charge in [0.1, 0.15) is 17.8 Å². The van der Waals surface area contributed by atoms with E-state index in [4.69, 9.17) is 14.3 Å². The van der Waals surface area contributed by atoms with Crippen molar-refractivity contribution in [1.82, 2.24) is 4.98 Å². The quantitative estimate of drug-likeness (QED) is 0.102. The Morgan fingerprint density at radius 3 is 2.00 bits per heavy atom. The van der Waals surface area contributed by atoms with E-state index < -0.39 is 17.3 Å². The average Bonchev–Trinajstić information content (AvgIpc) is 3.61. The molecule has 8 nitrogen and oxygen atoms in total. The number of anilines is 1. The zero-order chi connectivity index (χ0) is 29.9. The van der Waals surface area contributed by atoms with Crippen LogP contribution in [0.25, 0.3) is 0 Å². The van der Waals surface area contributed by atoms with Crippen molar-refractivity contribution in [3.63, 3.8) is 0 Å². The molecule has 9 heteroatoms. The molecular weight excluding hydrogens is 562 g/mol. The highest BCUT2D eigenvalue weighted by Gasteiger charge is 2.37. The molecule has 0 bridgehead atoms. The SMILES string of the molecule is CC1(C)Oc2ccc(CO/N=C(\C(=O)O)c3csc(NC(c4ccccc4)(c4ccccc4)c4ccccc4)n3)cc2O1. The van der Waals surface area contributed by atoms with Gasteiger partial charge in [0, 0.05) is 19.2 Å². The van der Waals surface area contributed by atoms with Crippen molar-refractivity contribution in [2.24, 2.45) is 5.16 Å². The Morgan fingerprint density at radius 1 is 0.884 bits per heavy atom. The number of ether oxygens (including phenoxy) is 2. The molecule has 0 saturated heterocycles. The second kappa shape index (κ2) is 11.6. The first kappa shape index (κ1) is 28.0. The number of fused-ring (bicyclic) bond motifs is 1. The summed E-state index contributed by atoms with van der Waals surface area (Å²) < 4.78 is 11.5. The molecule has 4 aromatic carbocycles. The summed E-state index contributed by atoms with van der Waals surface area (Å²) in [6.07, 6.45) is 0. The molecule has 0 radical (unpaired) electrons. The number of aromatic nitrogens is 1. The van der Waals surface area contributed by atoms with Gasteiger partial charge in [-0.15, -0.1) is 11.3 Å². The molecule has 0 spiro atoms. The van der Waals surface area contributed by atoms with Gasteiger partial charge in [0.25, 0.3) is 0 Å². The Morgan fingerprint density at radius 2 is 1.44 bits per heavy atom. The van der Waals surface area contributed by atoms with Crippen molar-refractivity contribution in [3.8, 4) is 11.5 Å². The van der Waals surface area contributed by atoms with Gasteiger partial charge in [0.2, 0.25) is 11.5 Å². The Hall–Kier alpha value is -5.15. The second-order valence-corrected chi connectivity index (χ2v) is 11.3. The summed E-state index contributed by atoms with van der Waals surface area (Å²) in [4.78, 5) is 22.4. The second-order valence-electron chi connectivity index (χ2n) is 10.4. The molecule has 0 unspecified atom stereocenters. The largest absolute Gasteiger partial charge is 0.476 e. The zero-order valence-electron chi connectivity index (χ0n) is 23.6. The number of hydrogen-bond acceptors (Lipinski definition) is 8. The van der Waals surface area contributed by atoms with E-state index >= 15 is 0 Å². The lowest BCUT2D eigenvalue weighted by atomic mass is 9.77. The Kier molecular flexibility index (Phi) is 7.56. The normalized spacial score (nSPS) is 13.9. The first-order valence-corrected chi connectivity index (χ1v) is 14.6. The van der Waals surface area contributed by atoms with E-state index in [1.165, 1.54) is 11.3 Å². The number of nitrogens with one attached hydrogen (secondary N) is 1. The van der Waals surface area contributed by atoms with Gasteiger partial charge < -0.3 is 24.7 Å². The first-order valence-electron chi connectivity index (χ1n) is 13.7. The van der Waals surface area contributed by atoms with Crippen LogP contribution in [0.3, 0.4) is 0 Å². The summed E-state index contributed by atoms with van der Waals surface area (Å²) in [6.45, 7) is 3.70. The van der Waals surface area contributed by atoms with Gasteiger partial charge in [-0.1, -0.05) is 102 Å². The number of hydrogen-bond donors (Lipinski definition) is 2. The van der Waals surface area contributed by atoms with Crippen molar-refractivity contribution >= 4 is 28.1 Å². The summed E-state index contributed by atoms with van der Waals surface area (Å²) in [5.41, 5.74) is 2.87. The molecule has 2 N–H and O–H groups in total.